The van der Waals surface area contributed by atoms with Crippen molar-refractivity contribution < 1.29 is 4.74 Å². The summed E-state index contributed by atoms with van der Waals surface area (Å²) in [4.78, 5) is 0. The van der Waals surface area contributed by atoms with Gasteiger partial charge in [0.05, 0.1) is 11.1 Å². The summed E-state index contributed by atoms with van der Waals surface area (Å²) in [6.45, 7) is 6.77. The molecular formula is C13H20Br2ClNO. The summed E-state index contributed by atoms with van der Waals surface area (Å²) in [5.74, 6) is 0.944. The largest absolute Gasteiger partial charge is 0.492 e. The van der Waals surface area contributed by atoms with Gasteiger partial charge in [0, 0.05) is 16.6 Å². The van der Waals surface area contributed by atoms with Crippen molar-refractivity contribution in [3.05, 3.63) is 26.6 Å². The maximum atomic E-state index is 5.67. The summed E-state index contributed by atoms with van der Waals surface area (Å²) in [5, 5.41) is 3.43. The van der Waals surface area contributed by atoms with Crippen molar-refractivity contribution in [2.45, 2.75) is 33.2 Å². The molecule has 0 aliphatic carbocycles. The molecule has 0 amide bonds. The van der Waals surface area contributed by atoms with Gasteiger partial charge in [-0.25, -0.2) is 0 Å². The van der Waals surface area contributed by atoms with Crippen LogP contribution in [0.4, 0.5) is 0 Å². The molecule has 104 valence electrons. The van der Waals surface area contributed by atoms with Crippen molar-refractivity contribution in [3.8, 4) is 5.75 Å². The third-order valence-corrected chi connectivity index (χ3v) is 3.44. The molecule has 0 unspecified atom stereocenters. The predicted molar refractivity (Wildman–Crippen MR) is 86.9 cm³/mol. The van der Waals surface area contributed by atoms with Gasteiger partial charge in [0.25, 0.3) is 0 Å². The normalized spacial score (nSPS) is 10.0. The molecule has 5 heteroatoms. The lowest BCUT2D eigenvalue weighted by atomic mass is 10.2. The lowest BCUT2D eigenvalue weighted by Crippen LogP contribution is -2.15. The summed E-state index contributed by atoms with van der Waals surface area (Å²) < 4.78 is 7.74. The van der Waals surface area contributed by atoms with Gasteiger partial charge in [-0.15, -0.1) is 12.4 Å². The quantitative estimate of drug-likeness (QED) is 0.655. The van der Waals surface area contributed by atoms with E-state index in [0.717, 1.165) is 27.8 Å². The van der Waals surface area contributed by atoms with Crippen molar-refractivity contribution in [1.82, 2.24) is 5.32 Å². The molecule has 0 atom stereocenters. The van der Waals surface area contributed by atoms with Gasteiger partial charge in [-0.2, -0.15) is 0 Å². The minimum absolute atomic E-state index is 0. The Kier molecular flexibility index (Phi) is 10.2. The number of halogens is 3. The van der Waals surface area contributed by atoms with Crippen LogP contribution in [0.3, 0.4) is 0 Å². The second-order valence-corrected chi connectivity index (χ2v) is 5.61. The van der Waals surface area contributed by atoms with Crippen LogP contribution in [0.15, 0.2) is 21.1 Å². The van der Waals surface area contributed by atoms with E-state index in [4.69, 9.17) is 4.74 Å². The van der Waals surface area contributed by atoms with Gasteiger partial charge in [0.15, 0.2) is 0 Å². The molecule has 1 rings (SSSR count). The highest BCUT2D eigenvalue weighted by atomic mass is 79.9. The Labute approximate surface area is 133 Å². The topological polar surface area (TPSA) is 21.3 Å². The van der Waals surface area contributed by atoms with Crippen molar-refractivity contribution in [1.29, 1.82) is 0 Å². The molecule has 0 aliphatic rings. The average Bonchev–Trinajstić information content (AvgIpc) is 2.29. The van der Waals surface area contributed by atoms with Gasteiger partial charge >= 0.3 is 0 Å². The second kappa shape index (κ2) is 10.1. The minimum atomic E-state index is 0. The Hall–Kier alpha value is 0.230. The van der Waals surface area contributed by atoms with Gasteiger partial charge in [-0.3, -0.25) is 0 Å². The van der Waals surface area contributed by atoms with Crippen LogP contribution >= 0.6 is 44.3 Å². The summed E-state index contributed by atoms with van der Waals surface area (Å²) in [5.41, 5.74) is 1.18. The molecule has 0 aromatic heterocycles. The van der Waals surface area contributed by atoms with Crippen LogP contribution in [0, 0.1) is 0 Å². The number of benzene rings is 1. The number of ether oxygens (including phenoxy) is 1. The lowest BCUT2D eigenvalue weighted by Gasteiger charge is -2.13. The zero-order valence-corrected chi connectivity index (χ0v) is 14.8. The van der Waals surface area contributed by atoms with E-state index >= 15 is 0 Å². The SMILES string of the molecule is CCCCNCc1cc(Br)cc(Br)c1OCC.Cl. The molecule has 18 heavy (non-hydrogen) atoms. The first kappa shape index (κ1) is 18.2. The zero-order chi connectivity index (χ0) is 12.7. The van der Waals surface area contributed by atoms with Gasteiger partial charge in [0.2, 0.25) is 0 Å². The molecule has 1 N–H and O–H groups in total. The Bertz CT molecular complexity index is 361. The smallest absolute Gasteiger partial charge is 0.138 e. The molecule has 0 radical (unpaired) electrons. The maximum Gasteiger partial charge on any atom is 0.138 e. The number of hydrogen-bond donors (Lipinski definition) is 1. The fourth-order valence-corrected chi connectivity index (χ4v) is 3.00. The highest BCUT2D eigenvalue weighted by molar-refractivity contribution is 9.11. The summed E-state index contributed by atoms with van der Waals surface area (Å²) in [7, 11) is 0. The monoisotopic (exact) mass is 399 g/mol. The van der Waals surface area contributed by atoms with E-state index in [2.05, 4.69) is 50.2 Å². The Morgan fingerprint density at radius 1 is 1.22 bits per heavy atom. The van der Waals surface area contributed by atoms with Gasteiger partial charge in [0.1, 0.15) is 5.75 Å². The van der Waals surface area contributed by atoms with Crippen LogP contribution in [-0.4, -0.2) is 13.2 Å². The third-order valence-electron chi connectivity index (χ3n) is 2.40. The van der Waals surface area contributed by atoms with Gasteiger partial charge < -0.3 is 10.1 Å². The fourth-order valence-electron chi connectivity index (χ4n) is 1.58. The molecule has 0 saturated carbocycles. The molecule has 1 aromatic carbocycles. The molecule has 1 aromatic rings. The number of hydrogen-bond acceptors (Lipinski definition) is 2. The van der Waals surface area contributed by atoms with E-state index in [1.807, 2.05) is 13.0 Å². The van der Waals surface area contributed by atoms with Crippen LogP contribution in [0.25, 0.3) is 0 Å². The summed E-state index contributed by atoms with van der Waals surface area (Å²) in [6.07, 6.45) is 2.42. The summed E-state index contributed by atoms with van der Waals surface area (Å²) >= 11 is 7.05. The van der Waals surface area contributed by atoms with Crippen LogP contribution in [0.5, 0.6) is 5.75 Å². The van der Waals surface area contributed by atoms with Gasteiger partial charge in [-0.05, 0) is 48.0 Å². The molecule has 0 aliphatic heterocycles. The van der Waals surface area contributed by atoms with E-state index in [1.54, 1.807) is 0 Å². The lowest BCUT2D eigenvalue weighted by molar-refractivity contribution is 0.333. The average molecular weight is 402 g/mol. The Balaban J connectivity index is 0.00000289. The molecule has 0 saturated heterocycles. The van der Waals surface area contributed by atoms with Crippen LogP contribution in [-0.2, 0) is 6.54 Å². The molecule has 0 bridgehead atoms. The first-order valence-corrected chi connectivity index (χ1v) is 7.59. The van der Waals surface area contributed by atoms with Crippen molar-refractivity contribution in [2.24, 2.45) is 0 Å². The van der Waals surface area contributed by atoms with E-state index in [-0.39, 0.29) is 12.4 Å². The minimum Gasteiger partial charge on any atom is -0.492 e. The highest BCUT2D eigenvalue weighted by Crippen LogP contribution is 2.32. The molecule has 0 fully saturated rings. The van der Waals surface area contributed by atoms with Crippen molar-refractivity contribution >= 4 is 44.3 Å². The fraction of sp³-hybridized carbons (Fsp3) is 0.538. The third kappa shape index (κ3) is 5.91. The Morgan fingerprint density at radius 3 is 2.56 bits per heavy atom. The first-order valence-electron chi connectivity index (χ1n) is 6.00. The highest BCUT2D eigenvalue weighted by Gasteiger charge is 2.09. The molecule has 0 spiro atoms. The number of unbranched alkanes of at least 4 members (excludes halogenated alkanes) is 1. The molecule has 2 nitrogen and oxygen atoms in total. The standard InChI is InChI=1S/C13H19Br2NO.ClH/c1-3-5-6-16-9-10-7-11(14)8-12(15)13(10)17-4-2;/h7-8,16H,3-6,9H2,1-2H3;1H. The predicted octanol–water partition coefficient (Wildman–Crippen LogP) is 4.92. The first-order chi connectivity index (χ1) is 8.19. The van der Waals surface area contributed by atoms with Gasteiger partial charge in [-0.1, -0.05) is 29.3 Å². The van der Waals surface area contributed by atoms with E-state index in [0.29, 0.717) is 6.61 Å². The molecular weight excluding hydrogens is 381 g/mol. The maximum absolute atomic E-state index is 5.67. The van der Waals surface area contributed by atoms with Crippen LogP contribution < -0.4 is 10.1 Å². The van der Waals surface area contributed by atoms with Crippen molar-refractivity contribution in [2.75, 3.05) is 13.2 Å². The van der Waals surface area contributed by atoms with Crippen LogP contribution in [0.2, 0.25) is 0 Å². The second-order valence-electron chi connectivity index (χ2n) is 3.84. The summed E-state index contributed by atoms with van der Waals surface area (Å²) in [6, 6.07) is 4.12. The van der Waals surface area contributed by atoms with E-state index < -0.39 is 0 Å². The number of nitrogens with one attached hydrogen (secondary N) is 1. The van der Waals surface area contributed by atoms with E-state index in [1.165, 1.54) is 18.4 Å². The van der Waals surface area contributed by atoms with Crippen LogP contribution in [0.1, 0.15) is 32.3 Å². The zero-order valence-electron chi connectivity index (χ0n) is 10.8. The number of rotatable bonds is 7. The Morgan fingerprint density at radius 2 is 1.94 bits per heavy atom. The molecule has 0 heterocycles. The van der Waals surface area contributed by atoms with Crippen molar-refractivity contribution in [3.63, 3.8) is 0 Å². The van der Waals surface area contributed by atoms with E-state index in [9.17, 15) is 0 Å².